The summed E-state index contributed by atoms with van der Waals surface area (Å²) in [7, 11) is 0. The number of amides is 1. The molecule has 1 N–H and O–H groups in total. The molecule has 3 saturated heterocycles. The molecule has 10 nitrogen and oxygen atoms in total. The molecular formula is C24H33NO9. The van der Waals surface area contributed by atoms with Crippen molar-refractivity contribution in [3.05, 3.63) is 35.9 Å². The Bertz CT molecular complexity index is 859. The van der Waals surface area contributed by atoms with Crippen LogP contribution < -0.4 is 5.32 Å². The van der Waals surface area contributed by atoms with Crippen LogP contribution in [-0.4, -0.2) is 67.5 Å². The van der Waals surface area contributed by atoms with Crippen LogP contribution in [0.1, 0.15) is 46.1 Å². The SMILES string of the molecule is CC1(C)O[C@@H]2O[C@@H]([C@@H]3COC(C)(C)O3)[C@@H](OC(=O)CCCNC(=O)OCc3ccccc3)[C@@H]2O1. The van der Waals surface area contributed by atoms with E-state index in [-0.39, 0.29) is 19.6 Å². The van der Waals surface area contributed by atoms with Gasteiger partial charge in [-0.2, -0.15) is 0 Å². The first-order valence-corrected chi connectivity index (χ1v) is 11.6. The van der Waals surface area contributed by atoms with Gasteiger partial charge in [-0.1, -0.05) is 30.3 Å². The van der Waals surface area contributed by atoms with E-state index in [1.54, 1.807) is 13.8 Å². The highest BCUT2D eigenvalue weighted by molar-refractivity contribution is 5.70. The molecule has 188 valence electrons. The van der Waals surface area contributed by atoms with Gasteiger partial charge >= 0.3 is 12.1 Å². The number of hydrogen-bond donors (Lipinski definition) is 1. The van der Waals surface area contributed by atoms with Crippen LogP contribution in [0.15, 0.2) is 30.3 Å². The lowest BCUT2D eigenvalue weighted by atomic mass is 10.1. The molecule has 34 heavy (non-hydrogen) atoms. The van der Waals surface area contributed by atoms with E-state index in [0.717, 1.165) is 5.56 Å². The average Bonchev–Trinajstić information content (AvgIpc) is 3.40. The van der Waals surface area contributed by atoms with Crippen molar-refractivity contribution in [2.45, 2.75) is 89.4 Å². The first-order valence-electron chi connectivity index (χ1n) is 11.6. The lowest BCUT2D eigenvalue weighted by Gasteiger charge is -2.28. The molecule has 3 aliphatic rings. The van der Waals surface area contributed by atoms with Crippen LogP contribution in [0, 0.1) is 0 Å². The maximum atomic E-state index is 12.6. The van der Waals surface area contributed by atoms with Gasteiger partial charge in [0.2, 0.25) is 0 Å². The number of rotatable bonds is 8. The van der Waals surface area contributed by atoms with Gasteiger partial charge in [0.05, 0.1) is 6.61 Å². The molecule has 3 aliphatic heterocycles. The normalized spacial score (nSPS) is 31.1. The summed E-state index contributed by atoms with van der Waals surface area (Å²) in [6.07, 6.45) is -2.97. The van der Waals surface area contributed by atoms with E-state index in [9.17, 15) is 9.59 Å². The summed E-state index contributed by atoms with van der Waals surface area (Å²) in [5, 5.41) is 2.64. The number of ether oxygens (including phenoxy) is 7. The third kappa shape index (κ3) is 6.25. The van der Waals surface area contributed by atoms with E-state index < -0.39 is 54.3 Å². The molecule has 0 spiro atoms. The largest absolute Gasteiger partial charge is 0.456 e. The second-order valence-electron chi connectivity index (χ2n) is 9.48. The Morgan fingerprint density at radius 2 is 1.79 bits per heavy atom. The fraction of sp³-hybridized carbons (Fsp3) is 0.667. The topological polar surface area (TPSA) is 111 Å². The molecule has 1 amide bonds. The monoisotopic (exact) mass is 479 g/mol. The summed E-state index contributed by atoms with van der Waals surface area (Å²) in [5.74, 6) is -2.02. The second-order valence-corrected chi connectivity index (χ2v) is 9.48. The van der Waals surface area contributed by atoms with E-state index >= 15 is 0 Å². The fourth-order valence-corrected chi connectivity index (χ4v) is 4.22. The van der Waals surface area contributed by atoms with Crippen molar-refractivity contribution in [2.75, 3.05) is 13.2 Å². The first kappa shape index (κ1) is 24.9. The molecule has 0 aliphatic carbocycles. The molecule has 1 aromatic rings. The Labute approximate surface area is 199 Å². The Balaban J connectivity index is 1.23. The van der Waals surface area contributed by atoms with Gasteiger partial charge in [0.15, 0.2) is 30.1 Å². The van der Waals surface area contributed by atoms with Gasteiger partial charge in [-0.3, -0.25) is 4.79 Å². The number of carbonyl (C=O) groups is 2. The van der Waals surface area contributed by atoms with Crippen LogP contribution in [0.25, 0.3) is 0 Å². The van der Waals surface area contributed by atoms with Gasteiger partial charge in [-0.15, -0.1) is 0 Å². The van der Waals surface area contributed by atoms with Crippen molar-refractivity contribution in [3.63, 3.8) is 0 Å². The zero-order chi connectivity index (χ0) is 24.3. The molecule has 0 aromatic heterocycles. The van der Waals surface area contributed by atoms with Crippen molar-refractivity contribution in [1.29, 1.82) is 0 Å². The third-order valence-corrected chi connectivity index (χ3v) is 5.73. The van der Waals surface area contributed by atoms with Crippen molar-refractivity contribution in [1.82, 2.24) is 5.32 Å². The Hall–Kier alpha value is -2.24. The predicted octanol–water partition coefficient (Wildman–Crippen LogP) is 2.63. The first-order chi connectivity index (χ1) is 16.1. The van der Waals surface area contributed by atoms with Crippen LogP contribution >= 0.6 is 0 Å². The highest BCUT2D eigenvalue weighted by Crippen LogP contribution is 2.42. The zero-order valence-corrected chi connectivity index (χ0v) is 20.0. The molecule has 1 aromatic carbocycles. The summed E-state index contributed by atoms with van der Waals surface area (Å²) in [6, 6.07) is 9.39. The fourth-order valence-electron chi connectivity index (χ4n) is 4.22. The maximum Gasteiger partial charge on any atom is 0.407 e. The van der Waals surface area contributed by atoms with Crippen molar-refractivity contribution >= 4 is 12.1 Å². The summed E-state index contributed by atoms with van der Waals surface area (Å²) in [6.45, 7) is 7.97. The van der Waals surface area contributed by atoms with Gasteiger partial charge < -0.3 is 38.5 Å². The van der Waals surface area contributed by atoms with E-state index in [0.29, 0.717) is 13.0 Å². The van der Waals surface area contributed by atoms with Crippen LogP contribution in [0.5, 0.6) is 0 Å². The average molecular weight is 480 g/mol. The Morgan fingerprint density at radius 1 is 1.03 bits per heavy atom. The predicted molar refractivity (Wildman–Crippen MR) is 117 cm³/mol. The van der Waals surface area contributed by atoms with Gasteiger partial charge in [-0.05, 0) is 39.7 Å². The number of benzene rings is 1. The van der Waals surface area contributed by atoms with Crippen LogP contribution in [-0.2, 0) is 44.6 Å². The number of carbonyl (C=O) groups excluding carboxylic acids is 2. The van der Waals surface area contributed by atoms with Crippen molar-refractivity contribution in [2.24, 2.45) is 0 Å². The Morgan fingerprint density at radius 3 is 2.50 bits per heavy atom. The van der Waals surface area contributed by atoms with Gasteiger partial charge in [-0.25, -0.2) is 4.79 Å². The van der Waals surface area contributed by atoms with Crippen molar-refractivity contribution in [3.8, 4) is 0 Å². The smallest absolute Gasteiger partial charge is 0.407 e. The number of nitrogens with one attached hydrogen (secondary N) is 1. The maximum absolute atomic E-state index is 12.6. The van der Waals surface area contributed by atoms with Crippen LogP contribution in [0.2, 0.25) is 0 Å². The number of hydrogen-bond acceptors (Lipinski definition) is 9. The molecule has 0 bridgehead atoms. The summed E-state index contributed by atoms with van der Waals surface area (Å²) in [5.41, 5.74) is 0.897. The van der Waals surface area contributed by atoms with E-state index in [1.807, 2.05) is 44.2 Å². The van der Waals surface area contributed by atoms with E-state index in [1.165, 1.54) is 0 Å². The lowest BCUT2D eigenvalue weighted by molar-refractivity contribution is -0.235. The molecule has 5 atom stereocenters. The standard InChI is InChI=1S/C24H33NO9/c1-23(2)29-14-16(32-23)18-19(20-21(31-18)34-24(3,4)33-20)30-17(26)11-8-12-25-22(27)28-13-15-9-6-5-7-10-15/h5-7,9-10,16,18-21H,8,11-14H2,1-4H3,(H,25,27)/t16-,18-,19+,20-,21-/m0/s1. The minimum atomic E-state index is -0.846. The molecular weight excluding hydrogens is 446 g/mol. The quantitative estimate of drug-likeness (QED) is 0.444. The highest BCUT2D eigenvalue weighted by atomic mass is 16.8. The Kier molecular flexibility index (Phi) is 7.44. The van der Waals surface area contributed by atoms with Crippen molar-refractivity contribution < 1.29 is 42.7 Å². The highest BCUT2D eigenvalue weighted by Gasteiger charge is 2.59. The molecule has 0 unspecified atom stereocenters. The molecule has 0 saturated carbocycles. The summed E-state index contributed by atoms with van der Waals surface area (Å²) < 4.78 is 40.3. The zero-order valence-electron chi connectivity index (χ0n) is 20.0. The van der Waals surface area contributed by atoms with Gasteiger partial charge in [0.1, 0.15) is 18.8 Å². The van der Waals surface area contributed by atoms with Crippen LogP contribution in [0.3, 0.4) is 0 Å². The van der Waals surface area contributed by atoms with E-state index in [2.05, 4.69) is 5.32 Å². The molecule has 0 radical (unpaired) electrons. The molecule has 4 rings (SSSR count). The minimum Gasteiger partial charge on any atom is -0.456 e. The second kappa shape index (κ2) is 10.2. The molecule has 3 heterocycles. The van der Waals surface area contributed by atoms with Crippen LogP contribution in [0.4, 0.5) is 4.79 Å². The summed E-state index contributed by atoms with van der Waals surface area (Å²) >= 11 is 0. The summed E-state index contributed by atoms with van der Waals surface area (Å²) in [4.78, 5) is 24.4. The molecule has 3 fully saturated rings. The number of esters is 1. The van der Waals surface area contributed by atoms with Gasteiger partial charge in [0, 0.05) is 13.0 Å². The minimum absolute atomic E-state index is 0.108. The van der Waals surface area contributed by atoms with E-state index in [4.69, 9.17) is 33.2 Å². The molecule has 10 heteroatoms. The van der Waals surface area contributed by atoms with Gasteiger partial charge in [0.25, 0.3) is 0 Å². The lowest BCUT2D eigenvalue weighted by Crippen LogP contribution is -2.45. The number of fused-ring (bicyclic) bond motifs is 1. The number of alkyl carbamates (subject to hydrolysis) is 1. The third-order valence-electron chi connectivity index (χ3n) is 5.73.